The van der Waals surface area contributed by atoms with Gasteiger partial charge in [-0.05, 0) is 36.4 Å². The Morgan fingerprint density at radius 2 is 1.17 bits per heavy atom. The number of anilines is 2. The van der Waals surface area contributed by atoms with Crippen LogP contribution in [0.1, 0.15) is 20.7 Å². The number of carboxylic acids is 2. The highest BCUT2D eigenvalue weighted by Gasteiger charge is 2.10. The number of aromatic carboxylic acids is 2. The summed E-state index contributed by atoms with van der Waals surface area (Å²) < 4.78 is 0. The van der Waals surface area contributed by atoms with Crippen molar-refractivity contribution in [3.63, 3.8) is 0 Å². The van der Waals surface area contributed by atoms with Crippen LogP contribution in [-0.2, 0) is 0 Å². The van der Waals surface area contributed by atoms with Crippen LogP contribution in [-0.4, -0.2) is 36.2 Å². The average molecular weight is 328 g/mol. The fraction of sp³-hybridized carbons (Fsp3) is 0.125. The van der Waals surface area contributed by atoms with Gasteiger partial charge in [0.25, 0.3) is 0 Å². The van der Waals surface area contributed by atoms with Gasteiger partial charge in [-0.3, -0.25) is 0 Å². The predicted octanol–water partition coefficient (Wildman–Crippen LogP) is 3.58. The van der Waals surface area contributed by atoms with E-state index < -0.39 is 11.9 Å². The van der Waals surface area contributed by atoms with E-state index in [4.69, 9.17) is 10.2 Å². The van der Waals surface area contributed by atoms with Crippen molar-refractivity contribution >= 4 is 34.7 Å². The van der Waals surface area contributed by atoms with E-state index in [0.29, 0.717) is 22.7 Å². The summed E-state index contributed by atoms with van der Waals surface area (Å²) in [5.41, 5.74) is 2.07. The van der Waals surface area contributed by atoms with E-state index in [1.165, 1.54) is 12.1 Å². The number of hydrogen-bond donors (Lipinski definition) is 4. The topological polar surface area (TPSA) is 123 Å². The Morgan fingerprint density at radius 1 is 0.792 bits per heavy atom. The smallest absolute Gasteiger partial charge is 0.337 e. The lowest BCUT2D eigenvalue weighted by molar-refractivity contribution is 0.0687. The third kappa shape index (κ3) is 3.67. The number of carbonyl (C=O) groups is 2. The quantitative estimate of drug-likeness (QED) is 0.601. The second-order valence-corrected chi connectivity index (χ2v) is 4.77. The normalized spacial score (nSPS) is 10.6. The summed E-state index contributed by atoms with van der Waals surface area (Å²) in [6.45, 7) is 0. The minimum atomic E-state index is -1.04. The molecule has 0 aliphatic heterocycles. The van der Waals surface area contributed by atoms with E-state index in [0.717, 1.165) is 0 Å². The summed E-state index contributed by atoms with van der Waals surface area (Å²) in [5.74, 6) is -2.07. The highest BCUT2D eigenvalue weighted by molar-refractivity contribution is 5.95. The zero-order chi connectivity index (χ0) is 17.7. The van der Waals surface area contributed by atoms with Gasteiger partial charge in [0, 0.05) is 14.1 Å². The Morgan fingerprint density at radius 3 is 1.46 bits per heavy atom. The molecule has 2 rings (SSSR count). The monoisotopic (exact) mass is 328 g/mol. The molecule has 4 N–H and O–H groups in total. The second kappa shape index (κ2) is 7.23. The Labute approximate surface area is 137 Å². The first-order chi connectivity index (χ1) is 11.5. The summed E-state index contributed by atoms with van der Waals surface area (Å²) in [6.07, 6.45) is 0. The highest BCUT2D eigenvalue weighted by Crippen LogP contribution is 2.27. The first-order valence-corrected chi connectivity index (χ1v) is 6.98. The molecule has 124 valence electrons. The lowest BCUT2D eigenvalue weighted by Crippen LogP contribution is -2.02. The molecule has 0 radical (unpaired) electrons. The zero-order valence-electron chi connectivity index (χ0n) is 13.1. The molecule has 0 fully saturated rings. The Bertz CT molecular complexity index is 750. The molecule has 0 unspecified atom stereocenters. The molecule has 0 bridgehead atoms. The lowest BCUT2D eigenvalue weighted by atomic mass is 10.1. The molecule has 0 saturated carbocycles. The lowest BCUT2D eigenvalue weighted by Gasteiger charge is -2.06. The van der Waals surface area contributed by atoms with Gasteiger partial charge in [0.15, 0.2) is 0 Å². The number of nitrogens with one attached hydrogen (secondary N) is 2. The third-order valence-corrected chi connectivity index (χ3v) is 3.29. The van der Waals surface area contributed by atoms with Crippen molar-refractivity contribution in [1.29, 1.82) is 0 Å². The van der Waals surface area contributed by atoms with Crippen LogP contribution in [0.25, 0.3) is 0 Å². The summed E-state index contributed by atoms with van der Waals surface area (Å²) in [5, 5.41) is 31.8. The SMILES string of the molecule is CNc1cc(N=Nc2ccc(C(=O)O)c(NC)c2)ccc1C(=O)O. The maximum atomic E-state index is 11.1. The van der Waals surface area contributed by atoms with Crippen molar-refractivity contribution in [2.45, 2.75) is 0 Å². The second-order valence-electron chi connectivity index (χ2n) is 4.77. The van der Waals surface area contributed by atoms with Gasteiger partial charge in [0.1, 0.15) is 0 Å². The fourth-order valence-electron chi connectivity index (χ4n) is 2.09. The van der Waals surface area contributed by atoms with E-state index >= 15 is 0 Å². The summed E-state index contributed by atoms with van der Waals surface area (Å²) in [7, 11) is 3.24. The van der Waals surface area contributed by atoms with Gasteiger partial charge in [-0.1, -0.05) is 0 Å². The third-order valence-electron chi connectivity index (χ3n) is 3.29. The van der Waals surface area contributed by atoms with Crippen LogP contribution in [0, 0.1) is 0 Å². The van der Waals surface area contributed by atoms with Crippen molar-refractivity contribution < 1.29 is 19.8 Å². The molecule has 0 aromatic heterocycles. The minimum absolute atomic E-state index is 0.139. The van der Waals surface area contributed by atoms with Gasteiger partial charge < -0.3 is 20.8 Å². The van der Waals surface area contributed by atoms with Crippen molar-refractivity contribution in [1.82, 2.24) is 0 Å². The largest absolute Gasteiger partial charge is 0.478 e. The molecule has 0 spiro atoms. The molecule has 8 heteroatoms. The first-order valence-electron chi connectivity index (χ1n) is 6.98. The number of rotatable bonds is 6. The van der Waals surface area contributed by atoms with Crippen LogP contribution >= 0.6 is 0 Å². The molecule has 0 saturated heterocycles. The average Bonchev–Trinajstić information content (AvgIpc) is 2.58. The van der Waals surface area contributed by atoms with E-state index in [1.807, 2.05) is 0 Å². The van der Waals surface area contributed by atoms with E-state index in [1.54, 1.807) is 38.4 Å². The molecule has 0 amide bonds. The summed E-state index contributed by atoms with van der Waals surface area (Å²) in [4.78, 5) is 22.2. The number of azo groups is 1. The van der Waals surface area contributed by atoms with E-state index in [2.05, 4.69) is 20.9 Å². The molecule has 0 aliphatic carbocycles. The number of hydrogen-bond acceptors (Lipinski definition) is 6. The van der Waals surface area contributed by atoms with E-state index in [-0.39, 0.29) is 11.1 Å². The molecule has 2 aromatic rings. The molecule has 0 heterocycles. The molecular formula is C16H16N4O4. The first kappa shape index (κ1) is 16.9. The standard InChI is InChI=1S/C16H16N4O4/c1-17-13-7-9(3-5-11(13)15(21)22)19-20-10-4-6-12(16(23)24)14(8-10)18-2/h3-8,17-18H,1-2H3,(H,21,22)(H,23,24). The van der Waals surface area contributed by atoms with Gasteiger partial charge in [-0.2, -0.15) is 10.2 Å². The summed E-state index contributed by atoms with van der Waals surface area (Å²) in [6, 6.07) is 9.09. The van der Waals surface area contributed by atoms with Crippen LogP contribution in [0.3, 0.4) is 0 Å². The molecule has 8 nitrogen and oxygen atoms in total. The maximum absolute atomic E-state index is 11.1. The van der Waals surface area contributed by atoms with E-state index in [9.17, 15) is 9.59 Å². The van der Waals surface area contributed by atoms with Crippen LogP contribution in [0.2, 0.25) is 0 Å². The van der Waals surface area contributed by atoms with Crippen LogP contribution in [0.4, 0.5) is 22.7 Å². The zero-order valence-corrected chi connectivity index (χ0v) is 13.1. The Hall–Kier alpha value is -3.42. The molecule has 24 heavy (non-hydrogen) atoms. The number of nitrogens with zero attached hydrogens (tertiary/aromatic N) is 2. The van der Waals surface area contributed by atoms with Gasteiger partial charge >= 0.3 is 11.9 Å². The predicted molar refractivity (Wildman–Crippen MR) is 90.1 cm³/mol. The van der Waals surface area contributed by atoms with Gasteiger partial charge in [0.05, 0.1) is 33.9 Å². The molecule has 2 aromatic carbocycles. The molecule has 0 atom stereocenters. The van der Waals surface area contributed by atoms with Crippen LogP contribution in [0.15, 0.2) is 46.6 Å². The number of benzene rings is 2. The van der Waals surface area contributed by atoms with Gasteiger partial charge in [-0.15, -0.1) is 0 Å². The van der Waals surface area contributed by atoms with Crippen molar-refractivity contribution in [2.24, 2.45) is 10.2 Å². The molecule has 0 aliphatic rings. The fourth-order valence-corrected chi connectivity index (χ4v) is 2.09. The molecular weight excluding hydrogens is 312 g/mol. The van der Waals surface area contributed by atoms with Gasteiger partial charge in [-0.25, -0.2) is 9.59 Å². The minimum Gasteiger partial charge on any atom is -0.478 e. The Balaban J connectivity index is 2.31. The van der Waals surface area contributed by atoms with Crippen LogP contribution in [0.5, 0.6) is 0 Å². The van der Waals surface area contributed by atoms with Crippen molar-refractivity contribution in [3.8, 4) is 0 Å². The van der Waals surface area contributed by atoms with Gasteiger partial charge in [0.2, 0.25) is 0 Å². The van der Waals surface area contributed by atoms with Crippen molar-refractivity contribution in [2.75, 3.05) is 24.7 Å². The maximum Gasteiger partial charge on any atom is 0.337 e. The van der Waals surface area contributed by atoms with Crippen LogP contribution < -0.4 is 10.6 Å². The number of carboxylic acid groups (broad SMARTS) is 2. The highest BCUT2D eigenvalue weighted by atomic mass is 16.4. The summed E-state index contributed by atoms with van der Waals surface area (Å²) >= 11 is 0. The van der Waals surface area contributed by atoms with Crippen molar-refractivity contribution in [3.05, 3.63) is 47.5 Å². The Kier molecular flexibility index (Phi) is 5.10.